The highest BCUT2D eigenvalue weighted by molar-refractivity contribution is 5.91. The van der Waals surface area contributed by atoms with E-state index in [2.05, 4.69) is 20.8 Å². The number of carbonyl (C=O) groups is 3. The lowest BCUT2D eigenvalue weighted by atomic mass is 10.1. The molecule has 2 amide bonds. The topological polar surface area (TPSA) is 202 Å². The summed E-state index contributed by atoms with van der Waals surface area (Å²) in [5.74, 6) is -1.52. The summed E-state index contributed by atoms with van der Waals surface area (Å²) in [5, 5.41) is 33.0. The van der Waals surface area contributed by atoms with Crippen LogP contribution in [0.25, 0.3) is 0 Å². The second-order valence-electron chi connectivity index (χ2n) is 7.71. The molecule has 0 aromatic rings. The third-order valence-electron chi connectivity index (χ3n) is 3.66. The number of nitrogens with zero attached hydrogens (tertiary/aromatic N) is 1. The Morgan fingerprint density at radius 1 is 1.06 bits per heavy atom. The molecule has 0 aromatic heterocycles. The molecule has 0 aliphatic rings. The minimum atomic E-state index is -1.21. The molecular weight excluding hydrogens is 430 g/mol. The van der Waals surface area contributed by atoms with E-state index in [9.17, 15) is 29.6 Å². The zero-order chi connectivity index (χ0) is 24.6. The van der Waals surface area contributed by atoms with Crippen LogP contribution in [0.1, 0.15) is 59.3 Å². The number of amides is 2. The first kappa shape index (κ1) is 28.7. The molecule has 0 rings (SSSR count). The maximum absolute atomic E-state index is 11.7. The Hall–Kier alpha value is -3.32. The fourth-order valence-electron chi connectivity index (χ4n) is 2.27. The summed E-state index contributed by atoms with van der Waals surface area (Å²) in [6.07, 6.45) is 1.22. The number of unbranched alkanes of at least 4 members (excludes halogenated alkanes) is 3. The highest BCUT2D eigenvalue weighted by atomic mass is 16.9. The first-order valence-corrected chi connectivity index (χ1v) is 10.2. The molecule has 0 saturated heterocycles. The van der Waals surface area contributed by atoms with Gasteiger partial charge in [-0.3, -0.25) is 10.7 Å². The number of rotatable bonds is 14. The van der Waals surface area contributed by atoms with Gasteiger partial charge in [-0.2, -0.15) is 0 Å². The molecule has 14 heteroatoms. The third-order valence-corrected chi connectivity index (χ3v) is 3.66. The number of carboxylic acids is 1. The highest BCUT2D eigenvalue weighted by Gasteiger charge is 2.23. The smallest absolute Gasteiger partial charge is 0.413 e. The van der Waals surface area contributed by atoms with Gasteiger partial charge in [-0.25, -0.2) is 14.4 Å². The Morgan fingerprint density at radius 3 is 2.25 bits per heavy atom. The van der Waals surface area contributed by atoms with Gasteiger partial charge in [-0.15, -0.1) is 10.1 Å². The predicted octanol–water partition coefficient (Wildman–Crippen LogP) is 1.76. The average Bonchev–Trinajstić information content (AvgIpc) is 2.64. The maximum Gasteiger partial charge on any atom is 0.413 e. The molecule has 184 valence electrons. The standard InChI is InChI=1S/C18H33N5O9/c1-18(2,3)32-17(27)21-13(14(24)25)9-8-10-20-15(19)22-16(26)30-11-6-4-5-7-12-31-23(28)29/h13H,4-12H2,1-3H3,(H,21,27)(H,24,25)(H3,19,20,22,26). The van der Waals surface area contributed by atoms with Crippen molar-refractivity contribution in [2.75, 3.05) is 19.8 Å². The number of hydrogen-bond donors (Lipinski definition) is 5. The van der Waals surface area contributed by atoms with E-state index in [0.29, 0.717) is 32.1 Å². The highest BCUT2D eigenvalue weighted by Crippen LogP contribution is 2.07. The normalized spacial score (nSPS) is 11.6. The SMILES string of the molecule is CC(C)(C)OC(=O)NC(CCCNC(=N)NC(=O)OCCCCCCO[N+](=O)[O-])C(=O)O. The lowest BCUT2D eigenvalue weighted by Gasteiger charge is -2.22. The second-order valence-corrected chi connectivity index (χ2v) is 7.71. The summed E-state index contributed by atoms with van der Waals surface area (Å²) in [5.41, 5.74) is -0.752. The van der Waals surface area contributed by atoms with Gasteiger partial charge in [0.15, 0.2) is 5.96 Å². The number of alkyl carbamates (subject to hydrolysis) is 2. The predicted molar refractivity (Wildman–Crippen MR) is 112 cm³/mol. The number of ether oxygens (including phenoxy) is 2. The van der Waals surface area contributed by atoms with Gasteiger partial charge >= 0.3 is 18.2 Å². The molecule has 0 saturated carbocycles. The van der Waals surface area contributed by atoms with E-state index in [0.717, 1.165) is 0 Å². The van der Waals surface area contributed by atoms with Gasteiger partial charge in [-0.05, 0) is 52.9 Å². The van der Waals surface area contributed by atoms with Crippen LogP contribution in [0, 0.1) is 15.5 Å². The Kier molecular flexibility index (Phi) is 13.9. The van der Waals surface area contributed by atoms with Crippen LogP contribution >= 0.6 is 0 Å². The molecule has 0 bridgehead atoms. The van der Waals surface area contributed by atoms with Crippen LogP contribution in [0.2, 0.25) is 0 Å². The van der Waals surface area contributed by atoms with Crippen molar-refractivity contribution in [2.45, 2.75) is 70.9 Å². The lowest BCUT2D eigenvalue weighted by Crippen LogP contribution is -2.44. The number of carbonyl (C=O) groups excluding carboxylic acids is 2. The van der Waals surface area contributed by atoms with Crippen molar-refractivity contribution in [1.82, 2.24) is 16.0 Å². The van der Waals surface area contributed by atoms with Crippen LogP contribution in [0.3, 0.4) is 0 Å². The number of carboxylic acid groups (broad SMARTS) is 1. The molecule has 5 N–H and O–H groups in total. The molecular formula is C18H33N5O9. The van der Waals surface area contributed by atoms with Crippen molar-refractivity contribution in [3.63, 3.8) is 0 Å². The van der Waals surface area contributed by atoms with Crippen molar-refractivity contribution in [2.24, 2.45) is 0 Å². The Morgan fingerprint density at radius 2 is 1.69 bits per heavy atom. The molecule has 0 radical (unpaired) electrons. The Balaban J connectivity index is 3.91. The molecule has 14 nitrogen and oxygen atoms in total. The van der Waals surface area contributed by atoms with Gasteiger partial charge < -0.3 is 30.1 Å². The van der Waals surface area contributed by atoms with Crippen molar-refractivity contribution < 1.29 is 38.9 Å². The van der Waals surface area contributed by atoms with Gasteiger partial charge in [0.2, 0.25) is 0 Å². The fourth-order valence-corrected chi connectivity index (χ4v) is 2.27. The molecule has 0 aliphatic carbocycles. The molecule has 1 unspecified atom stereocenters. The van der Waals surface area contributed by atoms with Crippen LogP contribution in [-0.4, -0.2) is 65.7 Å². The minimum Gasteiger partial charge on any atom is -0.480 e. The van der Waals surface area contributed by atoms with Gasteiger partial charge in [0.25, 0.3) is 5.09 Å². The number of hydrogen-bond acceptors (Lipinski definition) is 9. The van der Waals surface area contributed by atoms with Gasteiger partial charge in [0.1, 0.15) is 11.6 Å². The van der Waals surface area contributed by atoms with Crippen LogP contribution < -0.4 is 16.0 Å². The van der Waals surface area contributed by atoms with Gasteiger partial charge in [-0.1, -0.05) is 6.42 Å². The summed E-state index contributed by atoms with van der Waals surface area (Å²) >= 11 is 0. The van der Waals surface area contributed by atoms with E-state index in [-0.39, 0.29) is 32.1 Å². The van der Waals surface area contributed by atoms with E-state index in [1.54, 1.807) is 20.8 Å². The van der Waals surface area contributed by atoms with E-state index >= 15 is 0 Å². The first-order valence-electron chi connectivity index (χ1n) is 10.2. The zero-order valence-electron chi connectivity index (χ0n) is 18.6. The van der Waals surface area contributed by atoms with Crippen LogP contribution in [-0.2, 0) is 19.1 Å². The van der Waals surface area contributed by atoms with Crippen LogP contribution in [0.15, 0.2) is 0 Å². The minimum absolute atomic E-state index is 0.0292. The quantitative estimate of drug-likeness (QED) is 0.0830. The molecule has 0 fully saturated rings. The summed E-state index contributed by atoms with van der Waals surface area (Å²) in [6, 6.07) is -1.15. The number of aliphatic carboxylic acids is 1. The molecule has 0 spiro atoms. The monoisotopic (exact) mass is 463 g/mol. The zero-order valence-corrected chi connectivity index (χ0v) is 18.6. The van der Waals surface area contributed by atoms with Crippen molar-refractivity contribution in [3.8, 4) is 0 Å². The average molecular weight is 463 g/mol. The second kappa shape index (κ2) is 15.5. The van der Waals surface area contributed by atoms with E-state index < -0.39 is 34.9 Å². The first-order chi connectivity index (χ1) is 14.9. The number of guanidine groups is 1. The Bertz CT molecular complexity index is 637. The van der Waals surface area contributed by atoms with E-state index in [1.165, 1.54) is 0 Å². The van der Waals surface area contributed by atoms with Crippen LogP contribution in [0.5, 0.6) is 0 Å². The van der Waals surface area contributed by atoms with E-state index in [4.69, 9.17) is 14.9 Å². The summed E-state index contributed by atoms with van der Waals surface area (Å²) in [6.45, 7) is 5.33. The lowest BCUT2D eigenvalue weighted by molar-refractivity contribution is -0.757. The molecule has 32 heavy (non-hydrogen) atoms. The van der Waals surface area contributed by atoms with Crippen molar-refractivity contribution in [1.29, 1.82) is 5.41 Å². The molecule has 1 atom stereocenters. The third kappa shape index (κ3) is 17.5. The maximum atomic E-state index is 11.7. The van der Waals surface area contributed by atoms with Gasteiger partial charge in [0.05, 0.1) is 13.2 Å². The summed E-state index contributed by atoms with van der Waals surface area (Å²) in [4.78, 5) is 48.7. The largest absolute Gasteiger partial charge is 0.480 e. The molecule has 0 heterocycles. The van der Waals surface area contributed by atoms with Gasteiger partial charge in [0, 0.05) is 6.54 Å². The summed E-state index contributed by atoms with van der Waals surface area (Å²) in [7, 11) is 0. The summed E-state index contributed by atoms with van der Waals surface area (Å²) < 4.78 is 9.93. The van der Waals surface area contributed by atoms with Crippen molar-refractivity contribution >= 4 is 24.1 Å². The molecule has 0 aliphatic heterocycles. The molecule has 0 aromatic carbocycles. The van der Waals surface area contributed by atoms with Crippen LogP contribution in [0.4, 0.5) is 9.59 Å². The fraction of sp³-hybridized carbons (Fsp3) is 0.778. The Labute approximate surface area is 186 Å². The number of nitrogens with one attached hydrogen (secondary N) is 4. The van der Waals surface area contributed by atoms with E-state index in [1.807, 2.05) is 0 Å². The van der Waals surface area contributed by atoms with Crippen molar-refractivity contribution in [3.05, 3.63) is 10.1 Å².